The molecule has 10 rings (SSSR count). The molecular formula is C41H29N5O. The van der Waals surface area contributed by atoms with Gasteiger partial charge in [-0.2, -0.15) is 0 Å². The van der Waals surface area contributed by atoms with Crippen LogP contribution in [0.3, 0.4) is 0 Å². The lowest BCUT2D eigenvalue weighted by molar-refractivity contribution is 0.484. The molecule has 47 heavy (non-hydrogen) atoms. The van der Waals surface area contributed by atoms with E-state index in [0.717, 1.165) is 61.5 Å². The summed E-state index contributed by atoms with van der Waals surface area (Å²) in [5, 5.41) is 5.58. The van der Waals surface area contributed by atoms with Gasteiger partial charge in [0.1, 0.15) is 28.6 Å². The Labute approximate surface area is 270 Å². The number of para-hydroxylation sites is 1. The molecule has 1 aliphatic rings. The van der Waals surface area contributed by atoms with Crippen LogP contribution in [0.4, 0.5) is 0 Å². The molecule has 0 unspecified atom stereocenters. The Morgan fingerprint density at radius 2 is 1.40 bits per heavy atom. The highest BCUT2D eigenvalue weighted by molar-refractivity contribution is 6.12. The number of ether oxygens (including phenoxy) is 1. The van der Waals surface area contributed by atoms with Crippen molar-refractivity contribution in [2.24, 2.45) is 0 Å². The molecule has 224 valence electrons. The van der Waals surface area contributed by atoms with Gasteiger partial charge in [-0.15, -0.1) is 0 Å². The smallest absolute Gasteiger partial charge is 0.147 e. The zero-order chi connectivity index (χ0) is 31.4. The Morgan fingerprint density at radius 3 is 2.30 bits per heavy atom. The number of benzene rings is 4. The van der Waals surface area contributed by atoms with E-state index in [1.807, 2.05) is 30.6 Å². The van der Waals surface area contributed by atoms with Crippen LogP contribution >= 0.6 is 0 Å². The molecule has 0 aliphatic carbocycles. The molecule has 5 aromatic heterocycles. The van der Waals surface area contributed by atoms with Crippen LogP contribution in [0.5, 0.6) is 11.5 Å². The van der Waals surface area contributed by atoms with Crippen molar-refractivity contribution in [2.45, 2.75) is 26.2 Å². The maximum atomic E-state index is 6.65. The molecule has 0 radical (unpaired) electrons. The van der Waals surface area contributed by atoms with E-state index >= 15 is 0 Å². The van der Waals surface area contributed by atoms with Crippen LogP contribution < -0.4 is 4.74 Å². The summed E-state index contributed by atoms with van der Waals surface area (Å²) in [6.45, 7) is 6.70. The molecular weight excluding hydrogens is 578 g/mol. The molecule has 0 saturated heterocycles. The largest absolute Gasteiger partial charge is 0.457 e. The van der Waals surface area contributed by atoms with Crippen molar-refractivity contribution in [1.29, 1.82) is 0 Å². The zero-order valence-corrected chi connectivity index (χ0v) is 26.2. The van der Waals surface area contributed by atoms with Crippen LogP contribution in [0.1, 0.15) is 30.5 Å². The lowest BCUT2D eigenvalue weighted by Crippen LogP contribution is -2.26. The van der Waals surface area contributed by atoms with Crippen LogP contribution in [0.25, 0.3) is 66.3 Å². The van der Waals surface area contributed by atoms with Gasteiger partial charge in [0.25, 0.3) is 0 Å². The third kappa shape index (κ3) is 3.58. The maximum absolute atomic E-state index is 6.65. The molecule has 4 aromatic carbocycles. The molecule has 9 aromatic rings. The fourth-order valence-electron chi connectivity index (χ4n) is 7.71. The van der Waals surface area contributed by atoms with E-state index in [-0.39, 0.29) is 5.41 Å². The standard InChI is InChI=1S/C41H29N5O/c1-24-9-4-5-10-27(24)35-23-45-38-31(12-7-19-42-38)28-17-15-25(21-32(28)39(45)44-35)47-26-16-18-29-30-11-6-13-33-37(30)46(36(29)22-26)40-34(41(33,2)3)14-8-20-43-40/h4-23H,1-3H3. The summed E-state index contributed by atoms with van der Waals surface area (Å²) < 4.78 is 11.1. The predicted molar refractivity (Wildman–Crippen MR) is 189 cm³/mol. The summed E-state index contributed by atoms with van der Waals surface area (Å²) in [4.78, 5) is 14.8. The van der Waals surface area contributed by atoms with E-state index in [1.165, 1.54) is 33.0 Å². The van der Waals surface area contributed by atoms with Crippen molar-refractivity contribution >= 4 is 49.3 Å². The van der Waals surface area contributed by atoms with E-state index < -0.39 is 0 Å². The number of hydrogen-bond donors (Lipinski definition) is 0. The van der Waals surface area contributed by atoms with Gasteiger partial charge in [-0.25, -0.2) is 15.0 Å². The molecule has 1 aliphatic heterocycles. The fourth-order valence-corrected chi connectivity index (χ4v) is 7.71. The Morgan fingerprint density at radius 1 is 0.638 bits per heavy atom. The van der Waals surface area contributed by atoms with E-state index in [1.54, 1.807) is 0 Å². The van der Waals surface area contributed by atoms with Crippen molar-refractivity contribution in [3.8, 4) is 28.6 Å². The first-order valence-electron chi connectivity index (χ1n) is 15.9. The average Bonchev–Trinajstić information content (AvgIpc) is 3.68. The molecule has 0 saturated carbocycles. The summed E-state index contributed by atoms with van der Waals surface area (Å²) in [7, 11) is 0. The highest BCUT2D eigenvalue weighted by Crippen LogP contribution is 2.47. The molecule has 0 amide bonds. The van der Waals surface area contributed by atoms with Gasteiger partial charge < -0.3 is 4.74 Å². The van der Waals surface area contributed by atoms with Crippen LogP contribution in [0, 0.1) is 6.92 Å². The Kier molecular flexibility index (Phi) is 5.17. The number of aromatic nitrogens is 5. The molecule has 0 spiro atoms. The number of hydrogen-bond acceptors (Lipinski definition) is 4. The Balaban J connectivity index is 1.16. The second-order valence-corrected chi connectivity index (χ2v) is 13.0. The lowest BCUT2D eigenvalue weighted by Gasteiger charge is -2.33. The summed E-state index contributed by atoms with van der Waals surface area (Å²) in [5.74, 6) is 2.49. The second-order valence-electron chi connectivity index (χ2n) is 13.0. The third-order valence-corrected chi connectivity index (χ3v) is 10.0. The number of fused-ring (bicyclic) bond motifs is 11. The van der Waals surface area contributed by atoms with Gasteiger partial charge in [-0.05, 0) is 72.0 Å². The first-order chi connectivity index (χ1) is 23.0. The molecule has 0 atom stereocenters. The highest BCUT2D eigenvalue weighted by Gasteiger charge is 2.35. The van der Waals surface area contributed by atoms with Crippen molar-refractivity contribution in [3.63, 3.8) is 0 Å². The number of aryl methyl sites for hydroxylation is 1. The normalized spacial score (nSPS) is 13.6. The zero-order valence-electron chi connectivity index (χ0n) is 26.2. The maximum Gasteiger partial charge on any atom is 0.147 e. The summed E-state index contributed by atoms with van der Waals surface area (Å²) >= 11 is 0. The Hall–Kier alpha value is -6.01. The number of pyridine rings is 3. The first-order valence-corrected chi connectivity index (χ1v) is 15.9. The van der Waals surface area contributed by atoms with Gasteiger partial charge in [0.15, 0.2) is 0 Å². The predicted octanol–water partition coefficient (Wildman–Crippen LogP) is 9.93. The van der Waals surface area contributed by atoms with Crippen molar-refractivity contribution in [2.75, 3.05) is 0 Å². The minimum Gasteiger partial charge on any atom is -0.457 e. The van der Waals surface area contributed by atoms with Gasteiger partial charge in [-0.1, -0.05) is 62.4 Å². The minimum atomic E-state index is -0.158. The number of nitrogens with zero attached hydrogens (tertiary/aromatic N) is 5. The third-order valence-electron chi connectivity index (χ3n) is 10.0. The summed E-state index contributed by atoms with van der Waals surface area (Å²) in [5.41, 5.74) is 9.61. The topological polar surface area (TPSA) is 57.2 Å². The first kappa shape index (κ1) is 26.2. The molecule has 0 bridgehead atoms. The van der Waals surface area contributed by atoms with Crippen LogP contribution in [-0.4, -0.2) is 23.9 Å². The second kappa shape index (κ2) is 9.27. The summed E-state index contributed by atoms with van der Waals surface area (Å²) in [6, 6.07) is 36.0. The van der Waals surface area contributed by atoms with Gasteiger partial charge in [0, 0.05) is 62.7 Å². The molecule has 0 fully saturated rings. The van der Waals surface area contributed by atoms with Gasteiger partial charge in [0.05, 0.1) is 16.7 Å². The monoisotopic (exact) mass is 607 g/mol. The van der Waals surface area contributed by atoms with Gasteiger partial charge >= 0.3 is 0 Å². The van der Waals surface area contributed by atoms with Crippen molar-refractivity contribution in [1.82, 2.24) is 23.9 Å². The van der Waals surface area contributed by atoms with E-state index in [9.17, 15) is 0 Å². The van der Waals surface area contributed by atoms with Crippen molar-refractivity contribution in [3.05, 3.63) is 138 Å². The van der Waals surface area contributed by atoms with Gasteiger partial charge in [0.2, 0.25) is 0 Å². The molecule has 6 nitrogen and oxygen atoms in total. The fraction of sp³-hybridized carbons (Fsp3) is 0.0976. The minimum absolute atomic E-state index is 0.158. The molecule has 0 N–H and O–H groups in total. The number of imidazole rings is 1. The summed E-state index contributed by atoms with van der Waals surface area (Å²) in [6.07, 6.45) is 5.82. The van der Waals surface area contributed by atoms with E-state index in [4.69, 9.17) is 19.7 Å². The van der Waals surface area contributed by atoms with Crippen LogP contribution in [0.15, 0.2) is 122 Å². The van der Waals surface area contributed by atoms with Crippen LogP contribution in [-0.2, 0) is 5.41 Å². The quantitative estimate of drug-likeness (QED) is 0.188. The highest BCUT2D eigenvalue weighted by atomic mass is 16.5. The van der Waals surface area contributed by atoms with Crippen molar-refractivity contribution < 1.29 is 4.74 Å². The van der Waals surface area contributed by atoms with Gasteiger partial charge in [-0.3, -0.25) is 8.97 Å². The average molecular weight is 608 g/mol. The Bertz CT molecular complexity index is 2770. The number of rotatable bonds is 3. The molecule has 6 heterocycles. The molecule has 6 heteroatoms. The van der Waals surface area contributed by atoms with Crippen LogP contribution in [0.2, 0.25) is 0 Å². The van der Waals surface area contributed by atoms with E-state index in [2.05, 4.69) is 121 Å². The lowest BCUT2D eigenvalue weighted by atomic mass is 9.76. The SMILES string of the molecule is Cc1ccccc1-c1cn2c3ncccc3c3ccc(Oc4ccc5c6cccc7c6n(c5c4)-c4ncccc4C7(C)C)cc3c2n1. The van der Waals surface area contributed by atoms with E-state index in [0.29, 0.717) is 0 Å².